The standard InChI is InChI=1S/C27H28F6N4O3S/c28-26(29,30)24-18(5-7-23(39)37-12-14-40-15-13-37)4-6-21(25(24)27(31,32)33)41-20-3-1-2-19(16-20)35-22(38)17-36-10-8-34-9-11-36/h1-7,16,34H,8-15,17H2,(H,35,38)/b7-5+. The number of nitrogens with one attached hydrogen (secondary N) is 2. The summed E-state index contributed by atoms with van der Waals surface area (Å²) in [6, 6.07) is 7.77. The van der Waals surface area contributed by atoms with Gasteiger partial charge in [0, 0.05) is 60.8 Å². The van der Waals surface area contributed by atoms with Gasteiger partial charge in [0.15, 0.2) is 0 Å². The summed E-state index contributed by atoms with van der Waals surface area (Å²) in [4.78, 5) is 27.7. The average Bonchev–Trinajstić information content (AvgIpc) is 2.92. The van der Waals surface area contributed by atoms with Crippen molar-refractivity contribution >= 4 is 35.3 Å². The smallest absolute Gasteiger partial charge is 0.378 e. The molecule has 14 heteroatoms. The number of morpholine rings is 1. The van der Waals surface area contributed by atoms with E-state index in [1.54, 1.807) is 6.07 Å². The van der Waals surface area contributed by atoms with Gasteiger partial charge in [0.25, 0.3) is 0 Å². The zero-order chi connectivity index (χ0) is 29.6. The lowest BCUT2D eigenvalue weighted by Crippen LogP contribution is -2.46. The zero-order valence-corrected chi connectivity index (χ0v) is 22.6. The second-order valence-electron chi connectivity index (χ2n) is 9.37. The number of carbonyl (C=O) groups excluding carboxylic acids is 2. The second-order valence-corrected chi connectivity index (χ2v) is 10.5. The molecule has 2 heterocycles. The molecule has 2 saturated heterocycles. The summed E-state index contributed by atoms with van der Waals surface area (Å²) in [7, 11) is 0. The molecule has 222 valence electrons. The molecule has 0 atom stereocenters. The largest absolute Gasteiger partial charge is 0.418 e. The van der Waals surface area contributed by atoms with E-state index in [4.69, 9.17) is 4.74 Å². The maximum absolute atomic E-state index is 14.2. The number of rotatable bonds is 7. The van der Waals surface area contributed by atoms with E-state index >= 15 is 0 Å². The van der Waals surface area contributed by atoms with Gasteiger partial charge in [-0.25, -0.2) is 0 Å². The number of nitrogens with zero attached hydrogens (tertiary/aromatic N) is 2. The Labute approximate surface area is 236 Å². The number of hydrogen-bond donors (Lipinski definition) is 2. The molecule has 2 aromatic carbocycles. The highest BCUT2D eigenvalue weighted by Crippen LogP contribution is 2.48. The van der Waals surface area contributed by atoms with Crippen LogP contribution in [0.3, 0.4) is 0 Å². The van der Waals surface area contributed by atoms with Crippen LogP contribution >= 0.6 is 11.8 Å². The highest BCUT2D eigenvalue weighted by Gasteiger charge is 2.46. The Morgan fingerprint density at radius 3 is 2.29 bits per heavy atom. The molecule has 0 radical (unpaired) electrons. The molecule has 2 fully saturated rings. The predicted octanol–water partition coefficient (Wildman–Crippen LogP) is 4.59. The third kappa shape index (κ3) is 8.47. The minimum Gasteiger partial charge on any atom is -0.378 e. The summed E-state index contributed by atoms with van der Waals surface area (Å²) < 4.78 is 90.1. The van der Waals surface area contributed by atoms with Crippen molar-refractivity contribution < 1.29 is 40.7 Å². The van der Waals surface area contributed by atoms with Crippen LogP contribution in [0.5, 0.6) is 0 Å². The molecular formula is C27H28F6N4O3S. The first-order valence-corrected chi connectivity index (χ1v) is 13.6. The summed E-state index contributed by atoms with van der Waals surface area (Å²) in [6.07, 6.45) is -9.10. The second kappa shape index (κ2) is 13.3. The van der Waals surface area contributed by atoms with Gasteiger partial charge in [-0.15, -0.1) is 0 Å². The molecule has 0 spiro atoms. The molecule has 7 nitrogen and oxygen atoms in total. The molecule has 0 unspecified atom stereocenters. The van der Waals surface area contributed by atoms with E-state index in [2.05, 4.69) is 10.6 Å². The van der Waals surface area contributed by atoms with E-state index < -0.39 is 39.8 Å². The molecular weight excluding hydrogens is 574 g/mol. The minimum absolute atomic E-state index is 0.134. The fourth-order valence-electron chi connectivity index (χ4n) is 4.50. The van der Waals surface area contributed by atoms with Crippen LogP contribution in [0.1, 0.15) is 16.7 Å². The Morgan fingerprint density at radius 1 is 0.951 bits per heavy atom. The topological polar surface area (TPSA) is 73.9 Å². The number of halogens is 6. The lowest BCUT2D eigenvalue weighted by atomic mass is 9.99. The van der Waals surface area contributed by atoms with Crippen molar-refractivity contribution in [1.82, 2.24) is 15.1 Å². The first kappa shape index (κ1) is 30.9. The zero-order valence-electron chi connectivity index (χ0n) is 21.8. The summed E-state index contributed by atoms with van der Waals surface area (Å²) in [6.45, 7) is 4.00. The van der Waals surface area contributed by atoms with Gasteiger partial charge in [-0.05, 0) is 35.9 Å². The molecule has 0 saturated carbocycles. The Morgan fingerprint density at radius 2 is 1.63 bits per heavy atom. The third-order valence-corrected chi connectivity index (χ3v) is 7.47. The van der Waals surface area contributed by atoms with Crippen molar-refractivity contribution in [2.45, 2.75) is 22.1 Å². The SMILES string of the molecule is O=C(CN1CCNCC1)Nc1cccc(Sc2ccc(/C=C/C(=O)N3CCOCC3)c(C(F)(F)F)c2C(F)(F)F)c1. The molecule has 2 N–H and O–H groups in total. The van der Waals surface area contributed by atoms with Gasteiger partial charge in [0.1, 0.15) is 0 Å². The van der Waals surface area contributed by atoms with E-state index in [0.717, 1.165) is 37.4 Å². The number of alkyl halides is 6. The number of carbonyl (C=O) groups is 2. The summed E-state index contributed by atoms with van der Waals surface area (Å²) in [5.74, 6) is -0.934. The van der Waals surface area contributed by atoms with Crippen LogP contribution in [-0.4, -0.2) is 80.6 Å². The highest BCUT2D eigenvalue weighted by molar-refractivity contribution is 7.99. The summed E-state index contributed by atoms with van der Waals surface area (Å²) in [5.41, 5.74) is -4.18. The number of ether oxygens (including phenoxy) is 1. The summed E-state index contributed by atoms with van der Waals surface area (Å²) in [5, 5.41) is 5.86. The molecule has 2 amide bonds. The maximum Gasteiger partial charge on any atom is 0.418 e. The van der Waals surface area contributed by atoms with Crippen molar-refractivity contribution in [1.29, 1.82) is 0 Å². The minimum atomic E-state index is -5.36. The van der Waals surface area contributed by atoms with Gasteiger partial charge in [0.05, 0.1) is 30.9 Å². The molecule has 4 rings (SSSR count). The third-order valence-electron chi connectivity index (χ3n) is 6.42. The van der Waals surface area contributed by atoms with E-state index in [9.17, 15) is 35.9 Å². The molecule has 0 aliphatic carbocycles. The lowest BCUT2D eigenvalue weighted by molar-refractivity contribution is -0.163. The molecule has 0 bridgehead atoms. The monoisotopic (exact) mass is 602 g/mol. The molecule has 2 aromatic rings. The lowest BCUT2D eigenvalue weighted by Gasteiger charge is -2.26. The van der Waals surface area contributed by atoms with Crippen LogP contribution in [0.25, 0.3) is 6.08 Å². The van der Waals surface area contributed by atoms with Crippen LogP contribution in [0.4, 0.5) is 32.0 Å². The van der Waals surface area contributed by atoms with Gasteiger partial charge < -0.3 is 20.3 Å². The van der Waals surface area contributed by atoms with Gasteiger partial charge in [-0.2, -0.15) is 26.3 Å². The van der Waals surface area contributed by atoms with E-state index in [0.29, 0.717) is 30.5 Å². The maximum atomic E-state index is 14.2. The fraction of sp³-hybridized carbons (Fsp3) is 0.407. The van der Waals surface area contributed by atoms with Crippen molar-refractivity contribution in [2.75, 3.05) is 64.3 Å². The fourth-order valence-corrected chi connectivity index (χ4v) is 5.54. The Kier molecular flexibility index (Phi) is 10.00. The van der Waals surface area contributed by atoms with Gasteiger partial charge in [-0.1, -0.05) is 23.9 Å². The molecule has 0 aromatic heterocycles. The quantitative estimate of drug-likeness (QED) is 0.357. The van der Waals surface area contributed by atoms with Crippen LogP contribution < -0.4 is 10.6 Å². The Balaban J connectivity index is 1.60. The summed E-state index contributed by atoms with van der Waals surface area (Å²) >= 11 is 0.501. The molecule has 2 aliphatic rings. The van der Waals surface area contributed by atoms with Crippen molar-refractivity contribution in [3.8, 4) is 0 Å². The number of piperazine rings is 1. The van der Waals surface area contributed by atoms with Gasteiger partial charge >= 0.3 is 12.4 Å². The predicted molar refractivity (Wildman–Crippen MR) is 141 cm³/mol. The average molecular weight is 603 g/mol. The number of amides is 2. The molecule has 41 heavy (non-hydrogen) atoms. The van der Waals surface area contributed by atoms with Gasteiger partial charge in [0.2, 0.25) is 11.8 Å². The number of benzene rings is 2. The van der Waals surface area contributed by atoms with Gasteiger partial charge in [-0.3, -0.25) is 14.5 Å². The van der Waals surface area contributed by atoms with E-state index in [1.165, 1.54) is 23.1 Å². The van der Waals surface area contributed by atoms with Crippen molar-refractivity contribution in [3.05, 3.63) is 59.2 Å². The van der Waals surface area contributed by atoms with Crippen LogP contribution in [-0.2, 0) is 26.7 Å². The normalized spacial score (nSPS) is 17.2. The first-order chi connectivity index (χ1) is 19.4. The van der Waals surface area contributed by atoms with E-state index in [-0.39, 0.29) is 43.7 Å². The Bertz CT molecular complexity index is 1270. The number of anilines is 1. The van der Waals surface area contributed by atoms with E-state index in [1.807, 2.05) is 4.90 Å². The van der Waals surface area contributed by atoms with Crippen molar-refractivity contribution in [3.63, 3.8) is 0 Å². The first-order valence-electron chi connectivity index (χ1n) is 12.8. The number of hydrogen-bond acceptors (Lipinski definition) is 6. The highest BCUT2D eigenvalue weighted by atomic mass is 32.2. The van der Waals surface area contributed by atoms with Crippen LogP contribution in [0.15, 0.2) is 52.3 Å². The van der Waals surface area contributed by atoms with Crippen LogP contribution in [0.2, 0.25) is 0 Å². The Hall–Kier alpha value is -3.07. The van der Waals surface area contributed by atoms with Crippen LogP contribution in [0, 0.1) is 0 Å². The van der Waals surface area contributed by atoms with Crippen molar-refractivity contribution in [2.24, 2.45) is 0 Å². The molecule has 2 aliphatic heterocycles.